The zero-order valence-electron chi connectivity index (χ0n) is 34.5. The minimum atomic E-state index is -4.82. The lowest BCUT2D eigenvalue weighted by Crippen LogP contribution is -2.58. The lowest BCUT2D eigenvalue weighted by molar-refractivity contribution is -0.138. The van der Waals surface area contributed by atoms with E-state index in [9.17, 15) is 37.6 Å². The van der Waals surface area contributed by atoms with Gasteiger partial charge in [0.05, 0.1) is 46.8 Å². The molecule has 1 aromatic carbocycles. The molecule has 2 N–H and O–H groups in total. The van der Waals surface area contributed by atoms with Crippen LogP contribution in [0.4, 0.5) is 24.5 Å². The van der Waals surface area contributed by atoms with E-state index in [1.165, 1.54) is 6.07 Å². The number of hydrogen-bond acceptors (Lipinski definition) is 10. The molecule has 4 fully saturated rings. The molecule has 0 spiro atoms. The molecule has 3 aromatic rings. The van der Waals surface area contributed by atoms with E-state index < -0.39 is 34.8 Å². The van der Waals surface area contributed by atoms with Crippen molar-refractivity contribution in [2.75, 3.05) is 36.4 Å². The first kappa shape index (κ1) is 43.1. The normalized spacial score (nSPS) is 25.5. The number of imide groups is 1. The second-order valence-corrected chi connectivity index (χ2v) is 17.6. The standard InChI is InChI=1S/C42H51F3N10O4S/c1-24-21-52(22-25(2)53(24)23-35(57)48-32-10-6-9-29-36(50-51(5)37(29)32)30-15-16-34(56)49-38(30)58)17-7-8-26-11-13-27(14-12-26)55-40(60)54(39(59)41(55,3)4)28-18-31(42(43,44)45)33(19-46)47-20-28/h6,9-10,18,20,24-27,30H,7-8,11-17,21-23H2,1-5H3,(H,48,57)(H,49,56,58)/t24-,25+,26?,27?,30?. The Kier molecular flexibility index (Phi) is 12.1. The number of thiocarbonyl (C=S) groups is 1. The van der Waals surface area contributed by atoms with Gasteiger partial charge >= 0.3 is 6.18 Å². The summed E-state index contributed by atoms with van der Waals surface area (Å²) in [6.45, 7) is 10.6. The SMILES string of the molecule is C[C@@H]1CN(CCCC2CCC(N3C(=S)N(c4cnc(C#N)c(C(F)(F)F)c4)C(=O)C3(C)C)CC2)C[C@H](C)N1CC(=O)Nc1cccc2c(C3CCC(=O)NC3=O)nn(C)c12. The first-order valence-electron chi connectivity index (χ1n) is 20.6. The molecule has 320 valence electrons. The number of amides is 4. The smallest absolute Gasteiger partial charge is 0.331 e. The number of nitrogens with zero attached hydrogens (tertiary/aromatic N) is 8. The highest BCUT2D eigenvalue weighted by molar-refractivity contribution is 7.80. The summed E-state index contributed by atoms with van der Waals surface area (Å²) in [4.78, 5) is 62.9. The number of fused-ring (bicyclic) bond motifs is 1. The molecule has 2 aromatic heterocycles. The van der Waals surface area contributed by atoms with Crippen LogP contribution in [-0.4, -0.2) is 108 Å². The maximum Gasteiger partial charge on any atom is 0.419 e. The van der Waals surface area contributed by atoms with Crippen molar-refractivity contribution in [1.29, 1.82) is 5.26 Å². The van der Waals surface area contributed by atoms with Crippen molar-refractivity contribution in [2.24, 2.45) is 13.0 Å². The van der Waals surface area contributed by atoms with E-state index in [0.717, 1.165) is 86.2 Å². The number of aromatic nitrogens is 3. The van der Waals surface area contributed by atoms with Gasteiger partial charge in [0, 0.05) is 50.1 Å². The third-order valence-electron chi connectivity index (χ3n) is 12.8. The Morgan fingerprint density at radius 2 is 1.78 bits per heavy atom. The number of rotatable bonds is 10. The quantitative estimate of drug-likeness (QED) is 0.197. The number of piperidine rings is 1. The molecule has 1 aliphatic carbocycles. The number of alkyl halides is 3. The van der Waals surface area contributed by atoms with Crippen molar-refractivity contribution < 1.29 is 32.3 Å². The Morgan fingerprint density at radius 3 is 2.43 bits per heavy atom. The highest BCUT2D eigenvalue weighted by Gasteiger charge is 2.53. The van der Waals surface area contributed by atoms with Crippen LogP contribution in [0.25, 0.3) is 10.9 Å². The summed E-state index contributed by atoms with van der Waals surface area (Å²) in [7, 11) is 1.78. The topological polar surface area (TPSA) is 160 Å². The second-order valence-electron chi connectivity index (χ2n) is 17.3. The maximum absolute atomic E-state index is 13.7. The lowest BCUT2D eigenvalue weighted by Gasteiger charge is -2.44. The number of carbonyl (C=O) groups excluding carboxylic acids is 4. The summed E-state index contributed by atoms with van der Waals surface area (Å²) in [6.07, 6.45) is 2.51. The van der Waals surface area contributed by atoms with Gasteiger partial charge in [-0.05, 0) is 109 Å². The molecule has 5 heterocycles. The summed E-state index contributed by atoms with van der Waals surface area (Å²) >= 11 is 5.75. The van der Waals surface area contributed by atoms with E-state index >= 15 is 0 Å². The molecule has 3 saturated heterocycles. The van der Waals surface area contributed by atoms with Crippen LogP contribution < -0.4 is 15.5 Å². The van der Waals surface area contributed by atoms with Gasteiger partial charge in [-0.25, -0.2) is 4.98 Å². The molecule has 18 heteroatoms. The molecule has 4 aliphatic rings. The van der Waals surface area contributed by atoms with Gasteiger partial charge in [-0.15, -0.1) is 0 Å². The Bertz CT molecular complexity index is 2240. The fourth-order valence-corrected chi connectivity index (χ4v) is 10.4. The number of aryl methyl sites for hydroxylation is 1. The van der Waals surface area contributed by atoms with Crippen molar-refractivity contribution in [3.05, 3.63) is 47.4 Å². The van der Waals surface area contributed by atoms with Gasteiger partial charge in [0.15, 0.2) is 10.8 Å². The van der Waals surface area contributed by atoms with Crippen LogP contribution in [0.5, 0.6) is 0 Å². The Balaban J connectivity index is 0.884. The first-order valence-corrected chi connectivity index (χ1v) is 21.0. The van der Waals surface area contributed by atoms with Gasteiger partial charge in [0.25, 0.3) is 5.91 Å². The molecule has 0 bridgehead atoms. The second kappa shape index (κ2) is 16.8. The fourth-order valence-electron chi connectivity index (χ4n) is 9.82. The van der Waals surface area contributed by atoms with Crippen LogP contribution in [0.15, 0.2) is 30.5 Å². The maximum atomic E-state index is 13.7. The first-order chi connectivity index (χ1) is 28.4. The van der Waals surface area contributed by atoms with E-state index in [2.05, 4.69) is 44.4 Å². The third kappa shape index (κ3) is 8.35. The Labute approximate surface area is 352 Å². The van der Waals surface area contributed by atoms with Crippen molar-refractivity contribution in [3.63, 3.8) is 0 Å². The minimum Gasteiger partial charge on any atom is -0.331 e. The number of para-hydroxylation sites is 1. The summed E-state index contributed by atoms with van der Waals surface area (Å²) in [5.41, 5.74) is -1.19. The van der Waals surface area contributed by atoms with E-state index in [4.69, 9.17) is 12.2 Å². The number of halogens is 3. The van der Waals surface area contributed by atoms with E-state index in [-0.39, 0.29) is 59.6 Å². The van der Waals surface area contributed by atoms with Crippen LogP contribution in [0.1, 0.15) is 102 Å². The summed E-state index contributed by atoms with van der Waals surface area (Å²) in [5.74, 6) is -1.23. The molecular weight excluding hydrogens is 798 g/mol. The summed E-state index contributed by atoms with van der Waals surface area (Å²) in [6, 6.07) is 8.07. The summed E-state index contributed by atoms with van der Waals surface area (Å²) < 4.78 is 42.9. The molecule has 4 amide bonds. The number of pyridine rings is 1. The van der Waals surface area contributed by atoms with Crippen molar-refractivity contribution in [1.82, 2.24) is 34.8 Å². The van der Waals surface area contributed by atoms with E-state index in [1.54, 1.807) is 25.6 Å². The van der Waals surface area contributed by atoms with Crippen LogP contribution in [-0.2, 0) is 32.4 Å². The summed E-state index contributed by atoms with van der Waals surface area (Å²) in [5, 5.41) is 20.2. The van der Waals surface area contributed by atoms with Crippen LogP contribution in [0.3, 0.4) is 0 Å². The van der Waals surface area contributed by atoms with E-state index in [1.807, 2.05) is 23.1 Å². The predicted molar refractivity (Wildman–Crippen MR) is 221 cm³/mol. The number of piperazine rings is 1. The van der Waals surface area contributed by atoms with Crippen LogP contribution in [0.2, 0.25) is 0 Å². The predicted octanol–water partition coefficient (Wildman–Crippen LogP) is 5.46. The molecule has 7 rings (SSSR count). The zero-order chi connectivity index (χ0) is 43.3. The molecule has 60 heavy (non-hydrogen) atoms. The van der Waals surface area contributed by atoms with Gasteiger partial charge in [0.2, 0.25) is 17.7 Å². The number of nitriles is 1. The van der Waals surface area contributed by atoms with Gasteiger partial charge in [-0.1, -0.05) is 12.1 Å². The zero-order valence-corrected chi connectivity index (χ0v) is 35.3. The number of benzene rings is 1. The van der Waals surface area contributed by atoms with Crippen LogP contribution in [0, 0.1) is 17.2 Å². The number of anilines is 2. The Hall–Kier alpha value is -4.99. The van der Waals surface area contributed by atoms with Gasteiger partial charge < -0.3 is 15.1 Å². The number of carbonyl (C=O) groups is 4. The molecule has 3 aliphatic heterocycles. The average molecular weight is 849 g/mol. The van der Waals surface area contributed by atoms with Crippen molar-refractivity contribution in [3.8, 4) is 6.07 Å². The lowest BCUT2D eigenvalue weighted by atomic mass is 9.82. The number of nitrogens with one attached hydrogen (secondary N) is 2. The average Bonchev–Trinajstić information content (AvgIpc) is 3.61. The van der Waals surface area contributed by atoms with Crippen LogP contribution >= 0.6 is 12.2 Å². The van der Waals surface area contributed by atoms with Crippen molar-refractivity contribution in [2.45, 2.75) is 115 Å². The van der Waals surface area contributed by atoms with Gasteiger partial charge in [-0.3, -0.25) is 39.0 Å². The molecule has 3 atom stereocenters. The molecule has 14 nitrogen and oxygen atoms in total. The highest BCUT2D eigenvalue weighted by atomic mass is 32.1. The largest absolute Gasteiger partial charge is 0.419 e. The highest BCUT2D eigenvalue weighted by Crippen LogP contribution is 2.41. The van der Waals surface area contributed by atoms with E-state index in [0.29, 0.717) is 23.7 Å². The van der Waals surface area contributed by atoms with Gasteiger partial charge in [-0.2, -0.15) is 23.5 Å². The molecular formula is C42H51F3N10O4S. The molecule has 1 saturated carbocycles. The Morgan fingerprint density at radius 1 is 1.08 bits per heavy atom. The fraction of sp³-hybridized carbons (Fsp3) is 0.571. The van der Waals surface area contributed by atoms with Gasteiger partial charge in [0.1, 0.15) is 11.6 Å². The number of hydrogen-bond donors (Lipinski definition) is 2. The molecule has 0 radical (unpaired) electrons. The molecule has 1 unspecified atom stereocenters. The van der Waals surface area contributed by atoms with Crippen molar-refractivity contribution >= 4 is 63.2 Å². The monoisotopic (exact) mass is 848 g/mol. The third-order valence-corrected chi connectivity index (χ3v) is 13.2. The minimum absolute atomic E-state index is 0.0366.